The lowest BCUT2D eigenvalue weighted by atomic mass is 10.2. The summed E-state index contributed by atoms with van der Waals surface area (Å²) in [6, 6.07) is -2.97. The molecule has 0 spiro atoms. The molecule has 4 atom stereocenters. The van der Waals surface area contributed by atoms with Gasteiger partial charge in [0.15, 0.2) is 0 Å². The normalized spacial score (nSPS) is 14.6. The predicted molar refractivity (Wildman–Crippen MR) is 88.6 cm³/mol. The molecule has 0 aliphatic rings. The Balaban J connectivity index is -0.000000278. The average Bonchev–Trinajstić information content (AvgIpc) is 2.51. The Labute approximate surface area is 143 Å². The number of aliphatic carboxylic acids is 3. The molecule has 0 aliphatic carbocycles. The fraction of sp³-hybridized carbons (Fsp3) is 0.750. The topological polar surface area (TPSA) is 230 Å². The minimum Gasteiger partial charge on any atom is -0.480 e. The number of carbonyl (C=O) groups is 3. The van der Waals surface area contributed by atoms with Crippen molar-refractivity contribution in [1.82, 2.24) is 0 Å². The van der Waals surface area contributed by atoms with E-state index < -0.39 is 48.7 Å². The van der Waals surface area contributed by atoms with Crippen molar-refractivity contribution in [2.45, 2.75) is 37.6 Å². The van der Waals surface area contributed by atoms with Crippen molar-refractivity contribution >= 4 is 29.7 Å². The van der Waals surface area contributed by atoms with E-state index in [9.17, 15) is 14.4 Å². The molecule has 0 heterocycles. The van der Waals surface area contributed by atoms with Gasteiger partial charge in [0.05, 0.1) is 12.7 Å². The largest absolute Gasteiger partial charge is 0.480 e. The van der Waals surface area contributed by atoms with Gasteiger partial charge in [-0.1, -0.05) is 0 Å². The first-order valence-corrected chi connectivity index (χ1v) is 8.04. The molecule has 0 rings (SSSR count). The second-order valence-corrected chi connectivity index (χ2v) is 5.44. The van der Waals surface area contributed by atoms with Crippen molar-refractivity contribution in [2.24, 2.45) is 17.2 Å². The Morgan fingerprint density at radius 3 is 1.50 bits per heavy atom. The van der Waals surface area contributed by atoms with E-state index in [4.69, 9.17) is 42.7 Å². The number of nitrogens with two attached hydrogens (primary N) is 3. The number of carboxylic acids is 3. The Morgan fingerprint density at radius 1 is 0.958 bits per heavy atom. The summed E-state index contributed by atoms with van der Waals surface area (Å²) in [5.74, 6) is -2.46. The summed E-state index contributed by atoms with van der Waals surface area (Å²) >= 11 is 1.60. The number of carboxylic acid groups (broad SMARTS) is 3. The van der Waals surface area contributed by atoms with E-state index in [-0.39, 0.29) is 0 Å². The van der Waals surface area contributed by atoms with Gasteiger partial charge in [-0.05, 0) is 25.4 Å². The highest BCUT2D eigenvalue weighted by Gasteiger charge is 2.16. The van der Waals surface area contributed by atoms with Crippen LogP contribution in [0.25, 0.3) is 0 Å². The Bertz CT molecular complexity index is 370. The molecule has 11 N–H and O–H groups in total. The van der Waals surface area contributed by atoms with Crippen LogP contribution in [0.3, 0.4) is 0 Å². The quantitative estimate of drug-likeness (QED) is 0.217. The molecule has 0 radical (unpaired) electrons. The van der Waals surface area contributed by atoms with Gasteiger partial charge in [0.2, 0.25) is 0 Å². The number of thioether (sulfide) groups is 1. The zero-order valence-electron chi connectivity index (χ0n) is 13.5. The number of aliphatic hydroxyl groups excluding tert-OH is 2. The lowest BCUT2D eigenvalue weighted by Crippen LogP contribution is -2.39. The van der Waals surface area contributed by atoms with Crippen molar-refractivity contribution in [1.29, 1.82) is 0 Å². The van der Waals surface area contributed by atoms with Crippen LogP contribution in [-0.2, 0) is 14.4 Å². The average molecular weight is 373 g/mol. The van der Waals surface area contributed by atoms with Gasteiger partial charge in [-0.2, -0.15) is 11.8 Å². The van der Waals surface area contributed by atoms with E-state index in [1.807, 2.05) is 6.26 Å². The number of rotatable bonds is 8. The fourth-order valence-corrected chi connectivity index (χ4v) is 1.14. The van der Waals surface area contributed by atoms with Gasteiger partial charge < -0.3 is 42.7 Å². The first-order valence-electron chi connectivity index (χ1n) is 6.65. The lowest BCUT2D eigenvalue weighted by Gasteiger charge is -2.06. The number of aliphatic hydroxyl groups is 2. The first kappa shape index (κ1) is 27.4. The van der Waals surface area contributed by atoms with Gasteiger partial charge in [0, 0.05) is 0 Å². The van der Waals surface area contributed by atoms with Crippen molar-refractivity contribution in [3.8, 4) is 0 Å². The molecule has 0 aromatic heterocycles. The van der Waals surface area contributed by atoms with Crippen LogP contribution >= 0.6 is 11.8 Å². The predicted octanol–water partition coefficient (Wildman–Crippen LogP) is -2.68. The van der Waals surface area contributed by atoms with Gasteiger partial charge in [-0.25, -0.2) is 0 Å². The molecule has 24 heavy (non-hydrogen) atoms. The van der Waals surface area contributed by atoms with Crippen molar-refractivity contribution in [2.75, 3.05) is 18.6 Å². The summed E-state index contributed by atoms with van der Waals surface area (Å²) in [7, 11) is 0. The van der Waals surface area contributed by atoms with E-state index in [1.54, 1.807) is 11.8 Å². The van der Waals surface area contributed by atoms with E-state index in [0.717, 1.165) is 5.75 Å². The molecule has 0 fully saturated rings. The van der Waals surface area contributed by atoms with Gasteiger partial charge in [0.25, 0.3) is 0 Å². The van der Waals surface area contributed by atoms with E-state index >= 15 is 0 Å². The van der Waals surface area contributed by atoms with Gasteiger partial charge in [0.1, 0.15) is 18.1 Å². The SMILES string of the molecule is CC(O)C(N)C(=O)O.CSCCC(N)C(=O)O.NC(CO)C(=O)O. The summed E-state index contributed by atoms with van der Waals surface area (Å²) < 4.78 is 0. The van der Waals surface area contributed by atoms with E-state index in [0.29, 0.717) is 6.42 Å². The van der Waals surface area contributed by atoms with Crippen LogP contribution in [0.15, 0.2) is 0 Å². The molecule has 11 nitrogen and oxygen atoms in total. The maximum absolute atomic E-state index is 10.1. The summed E-state index contributed by atoms with van der Waals surface area (Å²) in [4.78, 5) is 29.6. The standard InChI is InChI=1S/C5H11NO2S.C4H9NO3.C3H7NO3/c1-9-3-2-4(6)5(7)8;1-2(6)3(5)4(7)8;4-2(1-5)3(6)7/h4H,2-3,6H2,1H3,(H,7,8);2-3,6H,5H2,1H3,(H,7,8);2,5H,1,4H2,(H,6,7). The van der Waals surface area contributed by atoms with Crippen LogP contribution < -0.4 is 17.2 Å². The molecule has 0 bridgehead atoms. The summed E-state index contributed by atoms with van der Waals surface area (Å²) in [5, 5.41) is 40.7. The third-order valence-corrected chi connectivity index (χ3v) is 2.91. The molecular weight excluding hydrogens is 346 g/mol. The smallest absolute Gasteiger partial charge is 0.323 e. The summed E-state index contributed by atoms with van der Waals surface area (Å²) in [5.41, 5.74) is 14.9. The molecule has 0 amide bonds. The minimum atomic E-state index is -1.18. The zero-order valence-corrected chi connectivity index (χ0v) is 14.3. The van der Waals surface area contributed by atoms with Gasteiger partial charge in [-0.3, -0.25) is 14.4 Å². The number of hydrogen-bond acceptors (Lipinski definition) is 9. The second-order valence-electron chi connectivity index (χ2n) is 4.46. The minimum absolute atomic E-state index is 0.505. The van der Waals surface area contributed by atoms with Crippen molar-refractivity contribution in [3.63, 3.8) is 0 Å². The molecule has 12 heteroatoms. The Morgan fingerprint density at radius 2 is 1.38 bits per heavy atom. The Hall–Kier alpha value is -1.44. The lowest BCUT2D eigenvalue weighted by molar-refractivity contribution is -0.141. The molecule has 4 unspecified atom stereocenters. The molecule has 144 valence electrons. The third kappa shape index (κ3) is 18.6. The summed E-state index contributed by atoms with van der Waals surface area (Å²) in [6.45, 7) is 0.827. The highest BCUT2D eigenvalue weighted by molar-refractivity contribution is 7.98. The Kier molecular flexibility index (Phi) is 18.8. The maximum atomic E-state index is 10.1. The molecular formula is C12H27N3O8S. The van der Waals surface area contributed by atoms with Crippen molar-refractivity contribution in [3.05, 3.63) is 0 Å². The van der Waals surface area contributed by atoms with Gasteiger partial charge in [-0.15, -0.1) is 0 Å². The molecule has 0 saturated heterocycles. The van der Waals surface area contributed by atoms with Crippen LogP contribution in [0.1, 0.15) is 13.3 Å². The molecule has 0 aromatic carbocycles. The van der Waals surface area contributed by atoms with Crippen molar-refractivity contribution < 1.29 is 39.9 Å². The van der Waals surface area contributed by atoms with Crippen LogP contribution in [0.4, 0.5) is 0 Å². The second kappa shape index (κ2) is 16.4. The molecule has 0 aromatic rings. The zero-order chi connectivity index (χ0) is 19.9. The monoisotopic (exact) mass is 373 g/mol. The van der Waals surface area contributed by atoms with Gasteiger partial charge >= 0.3 is 17.9 Å². The molecule has 0 saturated carbocycles. The maximum Gasteiger partial charge on any atom is 0.323 e. The molecule has 0 aliphatic heterocycles. The third-order valence-electron chi connectivity index (χ3n) is 2.27. The van der Waals surface area contributed by atoms with Crippen LogP contribution in [0.5, 0.6) is 0 Å². The van der Waals surface area contributed by atoms with E-state index in [2.05, 4.69) is 0 Å². The van der Waals surface area contributed by atoms with E-state index in [1.165, 1.54) is 6.92 Å². The first-order chi connectivity index (χ1) is 10.9. The summed E-state index contributed by atoms with van der Waals surface area (Å²) in [6.07, 6.45) is 1.50. The highest BCUT2D eigenvalue weighted by atomic mass is 32.2. The number of hydrogen-bond donors (Lipinski definition) is 8. The highest BCUT2D eigenvalue weighted by Crippen LogP contribution is 1.97. The van der Waals surface area contributed by atoms with Crippen LogP contribution in [0, 0.1) is 0 Å². The van der Waals surface area contributed by atoms with Crippen LogP contribution in [0.2, 0.25) is 0 Å². The van der Waals surface area contributed by atoms with Crippen LogP contribution in [-0.4, -0.2) is 86.3 Å². The fourth-order valence-electron chi connectivity index (χ4n) is 0.653.